The molecule has 2 radical (unpaired) electrons. The number of phosphoric acid groups is 1. The van der Waals surface area contributed by atoms with Crippen molar-refractivity contribution in [2.75, 3.05) is 13.2 Å². The van der Waals surface area contributed by atoms with Crippen LogP contribution in [0, 0.1) is 0 Å². The normalized spacial score (nSPS) is 56.2. The van der Waals surface area contributed by atoms with Gasteiger partial charge in [-0.05, 0) is 25.7 Å². The first kappa shape index (κ1) is 21.3. The Morgan fingerprint density at radius 1 is 0.962 bits per heavy atom. The van der Waals surface area contributed by atoms with Crippen LogP contribution in [0.1, 0.15) is 13.8 Å². The third kappa shape index (κ3) is 4.59. The second-order valence-corrected chi connectivity index (χ2v) is 11.0. The van der Waals surface area contributed by atoms with E-state index in [-0.39, 0.29) is 6.61 Å². The Hall–Kier alpha value is 0.585. The molecule has 3 fully saturated rings. The summed E-state index contributed by atoms with van der Waals surface area (Å²) in [4.78, 5) is 9.97. The van der Waals surface area contributed by atoms with Gasteiger partial charge in [0.2, 0.25) is 0 Å². The van der Waals surface area contributed by atoms with Gasteiger partial charge in [0.25, 0.3) is 0 Å². The van der Waals surface area contributed by atoms with Crippen molar-refractivity contribution in [3.05, 3.63) is 0 Å². The van der Waals surface area contributed by atoms with Crippen LogP contribution in [0.15, 0.2) is 0 Å². The first-order valence-electron chi connectivity index (χ1n) is 8.03. The van der Waals surface area contributed by atoms with Gasteiger partial charge >= 0.3 is 7.82 Å². The first-order chi connectivity index (χ1) is 12.0. The van der Waals surface area contributed by atoms with Crippen molar-refractivity contribution in [1.29, 1.82) is 0 Å². The van der Waals surface area contributed by atoms with Gasteiger partial charge in [-0.2, -0.15) is 0 Å². The van der Waals surface area contributed by atoms with E-state index in [4.69, 9.17) is 46.9 Å². The highest BCUT2D eigenvalue weighted by atomic mass is 32.4. The van der Waals surface area contributed by atoms with E-state index in [1.165, 1.54) is 0 Å². The van der Waals surface area contributed by atoms with Gasteiger partial charge in [0.05, 0.1) is 25.4 Å². The second kappa shape index (κ2) is 7.78. The summed E-state index contributed by atoms with van der Waals surface area (Å²) >= 11 is 5.18. The highest BCUT2D eigenvalue weighted by Crippen LogP contribution is 2.52. The van der Waals surface area contributed by atoms with Crippen LogP contribution in [0.5, 0.6) is 0 Å². The number of phosphoric ester groups is 1. The molecule has 0 spiro atoms. The van der Waals surface area contributed by atoms with Crippen molar-refractivity contribution in [1.82, 2.24) is 0 Å². The van der Waals surface area contributed by atoms with E-state index in [0.29, 0.717) is 0 Å². The quantitative estimate of drug-likeness (QED) is 0.342. The first-order valence-corrected chi connectivity index (χ1v) is 12.2. The Labute approximate surface area is 157 Å². The Morgan fingerprint density at radius 2 is 1.42 bits per heavy atom. The molecule has 0 aromatic rings. The van der Waals surface area contributed by atoms with E-state index >= 15 is 0 Å². The molecule has 10 atom stereocenters. The average Bonchev–Trinajstić information content (AvgIpc) is 2.95. The summed E-state index contributed by atoms with van der Waals surface area (Å²) in [5.74, 6) is 0. The maximum absolute atomic E-state index is 12.3. The predicted octanol–water partition coefficient (Wildman–Crippen LogP) is -0.407. The predicted molar refractivity (Wildman–Crippen MR) is 92.2 cm³/mol. The van der Waals surface area contributed by atoms with Gasteiger partial charge in [-0.25, -0.2) is 4.57 Å². The van der Waals surface area contributed by atoms with Crippen molar-refractivity contribution in [3.8, 4) is 0 Å². The maximum Gasteiger partial charge on any atom is 0.472 e. The lowest BCUT2D eigenvalue weighted by Crippen LogP contribution is -2.39. The van der Waals surface area contributed by atoms with Gasteiger partial charge < -0.3 is 33.6 Å². The van der Waals surface area contributed by atoms with Gasteiger partial charge in [0, 0.05) is 0 Å². The van der Waals surface area contributed by atoms with E-state index in [0.717, 1.165) is 0 Å². The molecule has 0 aromatic carbocycles. The molecule has 3 aliphatic rings. The zero-order valence-electron chi connectivity index (χ0n) is 14.1. The van der Waals surface area contributed by atoms with Crippen LogP contribution >= 0.6 is 14.2 Å². The van der Waals surface area contributed by atoms with E-state index in [2.05, 4.69) is 0 Å². The van der Waals surface area contributed by atoms with Crippen LogP contribution in [-0.2, 0) is 43.9 Å². The van der Waals surface area contributed by atoms with Crippen LogP contribution in [0.4, 0.5) is 0 Å². The summed E-state index contributed by atoms with van der Waals surface area (Å²) < 4.78 is 44.4. The largest absolute Gasteiger partial charge is 0.472 e. The topological polar surface area (TPSA) is 133 Å². The summed E-state index contributed by atoms with van der Waals surface area (Å²) in [6, 6.07) is 0. The monoisotopic (exact) mass is 430 g/mol. The average molecular weight is 430 g/mol. The summed E-state index contributed by atoms with van der Waals surface area (Å²) in [6.45, 7) is 2.53. The van der Waals surface area contributed by atoms with Crippen LogP contribution in [0.25, 0.3) is 0 Å². The molecule has 148 valence electrons. The van der Waals surface area contributed by atoms with E-state index in [9.17, 15) is 19.7 Å². The third-order valence-electron chi connectivity index (χ3n) is 4.49. The number of rotatable bonds is 0. The van der Waals surface area contributed by atoms with Crippen molar-refractivity contribution in [3.63, 3.8) is 0 Å². The number of hydrogen-bond donors (Lipinski definition) is 3. The smallest absolute Gasteiger partial charge is 0.388 e. The minimum absolute atomic E-state index is 0.232. The molecular formula is C12H21BO10P2S. The fraction of sp³-hybridized carbons (Fsp3) is 1.00. The zero-order chi connectivity index (χ0) is 19.3. The van der Waals surface area contributed by atoms with Crippen molar-refractivity contribution in [2.45, 2.75) is 62.7 Å². The third-order valence-corrected chi connectivity index (χ3v) is 7.10. The van der Waals surface area contributed by atoms with E-state index in [1.807, 2.05) is 0 Å². The number of ether oxygens (including phenoxy) is 2. The van der Waals surface area contributed by atoms with Crippen molar-refractivity contribution in [2.24, 2.45) is 0 Å². The number of hydrogen-bond acceptors (Lipinski definition) is 10. The molecule has 0 aliphatic carbocycles. The summed E-state index contributed by atoms with van der Waals surface area (Å²) in [5, 5.41) is 20.4. The van der Waals surface area contributed by atoms with Gasteiger partial charge in [0.1, 0.15) is 43.0 Å². The Bertz CT molecular complexity index is 573. The minimum atomic E-state index is -4.55. The minimum Gasteiger partial charge on any atom is -0.388 e. The summed E-state index contributed by atoms with van der Waals surface area (Å²) in [5.41, 5.74) is 0. The summed E-state index contributed by atoms with van der Waals surface area (Å²) in [6.07, 6.45) is -10.8. The molecule has 10 nitrogen and oxygen atoms in total. The number of aliphatic hydroxyl groups is 2. The van der Waals surface area contributed by atoms with Gasteiger partial charge in [-0.3, -0.25) is 9.05 Å². The Kier molecular flexibility index (Phi) is 6.37. The molecule has 0 aromatic heterocycles. The van der Waals surface area contributed by atoms with Crippen molar-refractivity contribution < 1.29 is 47.2 Å². The van der Waals surface area contributed by atoms with Gasteiger partial charge in [-0.15, -0.1) is 0 Å². The lowest BCUT2D eigenvalue weighted by molar-refractivity contribution is -0.0407. The van der Waals surface area contributed by atoms with Gasteiger partial charge in [-0.1, -0.05) is 0 Å². The van der Waals surface area contributed by atoms with Crippen molar-refractivity contribution >= 4 is 33.6 Å². The number of aliphatic hydroxyl groups excluding tert-OH is 2. The van der Waals surface area contributed by atoms with E-state index < -0.39 is 69.6 Å². The van der Waals surface area contributed by atoms with Crippen LogP contribution in [0.2, 0.25) is 0 Å². The molecule has 4 unspecified atom stereocenters. The molecular weight excluding hydrogens is 409 g/mol. The van der Waals surface area contributed by atoms with Gasteiger partial charge in [0.15, 0.2) is 7.57 Å². The SMILES string of the molecule is [B]P1(=S)OC[C@H]2O[C@@H](C)[C@@H](O)C2OP(=O)(O)OC[C@H]2O[C@@H](C)[C@@H](O)C2O1. The Morgan fingerprint density at radius 3 is 1.96 bits per heavy atom. The molecule has 3 heterocycles. The summed E-state index contributed by atoms with van der Waals surface area (Å²) in [7, 11) is 1.38. The van der Waals surface area contributed by atoms with Crippen LogP contribution in [-0.4, -0.2) is 84.7 Å². The highest BCUT2D eigenvalue weighted by molar-refractivity contribution is 8.21. The molecule has 0 amide bonds. The van der Waals surface area contributed by atoms with E-state index in [1.54, 1.807) is 13.8 Å². The Balaban J connectivity index is 1.85. The molecule has 0 saturated carbocycles. The molecule has 3 aliphatic heterocycles. The van der Waals surface area contributed by atoms with Crippen LogP contribution in [0.3, 0.4) is 0 Å². The fourth-order valence-electron chi connectivity index (χ4n) is 3.10. The molecule has 3 saturated heterocycles. The molecule has 3 N–H and O–H groups in total. The molecule has 14 heteroatoms. The molecule has 3 rings (SSSR count). The standard InChI is InChI=1S/C12H21BO10P2S/c1-5-9(14)11-8(21-5)4-19-25(16,17)23-12-7(20-6(2)10(12)15)3-18-24(13,26)22-11/h5-12,14-15H,3-4H2,1-2H3,(H,16,17)/t5-,6-,7+,8+,9+,10+,11?,12?,24?/m0/s1. The maximum atomic E-state index is 12.3. The zero-order valence-corrected chi connectivity index (χ0v) is 16.7. The molecule has 0 bridgehead atoms. The fourth-order valence-corrected chi connectivity index (χ4v) is 5.56. The number of fused-ring (bicyclic) bond motifs is 2. The lowest BCUT2D eigenvalue weighted by Gasteiger charge is -2.31. The van der Waals surface area contributed by atoms with Crippen LogP contribution < -0.4 is 0 Å². The highest BCUT2D eigenvalue weighted by Gasteiger charge is 2.49. The molecule has 26 heavy (non-hydrogen) atoms. The second-order valence-electron chi connectivity index (χ2n) is 6.48. The lowest BCUT2D eigenvalue weighted by atomic mass is 10.1.